The third-order valence-electron chi connectivity index (χ3n) is 1.80. The van der Waals surface area contributed by atoms with E-state index in [4.69, 9.17) is 0 Å². The van der Waals surface area contributed by atoms with Gasteiger partial charge in [0, 0.05) is 15.6 Å². The third kappa shape index (κ3) is 1.36. The molecule has 0 aliphatic carbocycles. The molecule has 0 aliphatic heterocycles. The van der Waals surface area contributed by atoms with Gasteiger partial charge in [0.25, 0.3) is 0 Å². The van der Waals surface area contributed by atoms with E-state index in [1.807, 2.05) is 18.4 Å². The number of hydrogen-bond donors (Lipinski definition) is 0. The molecule has 0 aliphatic rings. The van der Waals surface area contributed by atoms with Gasteiger partial charge in [-0.3, -0.25) is 0 Å². The van der Waals surface area contributed by atoms with Crippen LogP contribution in [0.3, 0.4) is 0 Å². The SMILES string of the molecule is COC(=O)c1csc2sc(C)cc12. The summed E-state index contributed by atoms with van der Waals surface area (Å²) in [7, 11) is 1.41. The molecule has 0 N–H and O–H groups in total. The maximum absolute atomic E-state index is 11.3. The van der Waals surface area contributed by atoms with Crippen LogP contribution in [-0.2, 0) is 4.74 Å². The first kappa shape index (κ1) is 8.72. The van der Waals surface area contributed by atoms with Gasteiger partial charge in [0.1, 0.15) is 0 Å². The number of fused-ring (bicyclic) bond motifs is 1. The second-order valence-corrected chi connectivity index (χ2v) is 5.09. The first-order chi connectivity index (χ1) is 6.22. The van der Waals surface area contributed by atoms with Crippen LogP contribution in [0.15, 0.2) is 11.4 Å². The van der Waals surface area contributed by atoms with Crippen LogP contribution in [-0.4, -0.2) is 13.1 Å². The fourth-order valence-electron chi connectivity index (χ4n) is 1.21. The van der Waals surface area contributed by atoms with Crippen molar-refractivity contribution in [3.05, 3.63) is 21.9 Å². The summed E-state index contributed by atoms with van der Waals surface area (Å²) in [5.41, 5.74) is 0.687. The number of ether oxygens (including phenoxy) is 1. The van der Waals surface area contributed by atoms with Crippen molar-refractivity contribution >= 4 is 38.0 Å². The molecule has 0 aromatic carbocycles. The predicted molar refractivity (Wildman–Crippen MR) is 55.8 cm³/mol. The Morgan fingerprint density at radius 2 is 2.31 bits per heavy atom. The van der Waals surface area contributed by atoms with E-state index in [2.05, 4.69) is 4.74 Å². The minimum Gasteiger partial charge on any atom is -0.465 e. The van der Waals surface area contributed by atoms with Crippen LogP contribution in [0.5, 0.6) is 0 Å². The highest BCUT2D eigenvalue weighted by atomic mass is 32.2. The van der Waals surface area contributed by atoms with Gasteiger partial charge >= 0.3 is 5.97 Å². The Morgan fingerprint density at radius 3 is 3.00 bits per heavy atom. The summed E-state index contributed by atoms with van der Waals surface area (Å²) in [6.45, 7) is 2.04. The van der Waals surface area contributed by atoms with Gasteiger partial charge in [-0.2, -0.15) is 0 Å². The van der Waals surface area contributed by atoms with Gasteiger partial charge in [-0.15, -0.1) is 22.7 Å². The van der Waals surface area contributed by atoms with Crippen LogP contribution in [0.4, 0.5) is 0 Å². The Hall–Kier alpha value is -0.870. The lowest BCUT2D eigenvalue weighted by molar-refractivity contribution is 0.0603. The van der Waals surface area contributed by atoms with E-state index in [1.54, 1.807) is 22.7 Å². The molecule has 2 aromatic rings. The van der Waals surface area contributed by atoms with Crippen LogP contribution >= 0.6 is 22.7 Å². The number of aryl methyl sites for hydroxylation is 1. The molecular weight excluding hydrogens is 204 g/mol. The molecule has 68 valence electrons. The highest BCUT2D eigenvalue weighted by Gasteiger charge is 2.13. The van der Waals surface area contributed by atoms with Crippen molar-refractivity contribution in [3.63, 3.8) is 0 Å². The molecule has 0 saturated heterocycles. The van der Waals surface area contributed by atoms with Crippen molar-refractivity contribution < 1.29 is 9.53 Å². The Bertz CT molecular complexity index is 453. The zero-order chi connectivity index (χ0) is 9.42. The molecule has 0 spiro atoms. The van der Waals surface area contributed by atoms with E-state index in [9.17, 15) is 4.79 Å². The normalized spacial score (nSPS) is 10.6. The Morgan fingerprint density at radius 1 is 1.54 bits per heavy atom. The van der Waals surface area contributed by atoms with Crippen molar-refractivity contribution in [1.29, 1.82) is 0 Å². The van der Waals surface area contributed by atoms with Gasteiger partial charge in [-0.05, 0) is 13.0 Å². The molecule has 2 heterocycles. The van der Waals surface area contributed by atoms with Crippen LogP contribution in [0.1, 0.15) is 15.2 Å². The average Bonchev–Trinajstić information content (AvgIpc) is 2.61. The minimum atomic E-state index is -0.246. The molecule has 2 nitrogen and oxygen atoms in total. The molecule has 2 aromatic heterocycles. The van der Waals surface area contributed by atoms with Gasteiger partial charge in [0.2, 0.25) is 0 Å². The van der Waals surface area contributed by atoms with Crippen LogP contribution in [0.25, 0.3) is 9.40 Å². The lowest BCUT2D eigenvalue weighted by Gasteiger charge is -1.93. The van der Waals surface area contributed by atoms with Crippen molar-refractivity contribution in [2.45, 2.75) is 6.92 Å². The molecule has 13 heavy (non-hydrogen) atoms. The number of thiophene rings is 2. The molecule has 4 heteroatoms. The van der Waals surface area contributed by atoms with E-state index in [1.165, 1.54) is 16.0 Å². The monoisotopic (exact) mass is 212 g/mol. The molecule has 0 unspecified atom stereocenters. The smallest absolute Gasteiger partial charge is 0.339 e. The van der Waals surface area contributed by atoms with Gasteiger partial charge < -0.3 is 4.74 Å². The maximum Gasteiger partial charge on any atom is 0.339 e. The maximum atomic E-state index is 11.3. The minimum absolute atomic E-state index is 0.246. The number of carbonyl (C=O) groups excluding carboxylic acids is 1. The summed E-state index contributed by atoms with van der Waals surface area (Å²) in [4.78, 5) is 12.5. The van der Waals surface area contributed by atoms with Crippen molar-refractivity contribution in [1.82, 2.24) is 0 Å². The largest absolute Gasteiger partial charge is 0.465 e. The van der Waals surface area contributed by atoms with E-state index in [0.29, 0.717) is 5.56 Å². The Balaban J connectivity index is 2.62. The molecule has 0 saturated carbocycles. The Kier molecular flexibility index (Phi) is 2.09. The number of rotatable bonds is 1. The summed E-state index contributed by atoms with van der Waals surface area (Å²) < 4.78 is 5.88. The quantitative estimate of drug-likeness (QED) is 0.679. The van der Waals surface area contributed by atoms with E-state index in [-0.39, 0.29) is 5.97 Å². The van der Waals surface area contributed by atoms with Crippen LogP contribution in [0, 0.1) is 6.92 Å². The number of hydrogen-bond acceptors (Lipinski definition) is 4. The second-order valence-electron chi connectivity index (χ2n) is 2.70. The first-order valence-electron chi connectivity index (χ1n) is 3.78. The number of esters is 1. The zero-order valence-corrected chi connectivity index (χ0v) is 8.92. The van der Waals surface area contributed by atoms with E-state index < -0.39 is 0 Å². The molecule has 0 atom stereocenters. The lowest BCUT2D eigenvalue weighted by atomic mass is 10.2. The van der Waals surface area contributed by atoms with Gasteiger partial charge in [0.15, 0.2) is 0 Å². The van der Waals surface area contributed by atoms with Crippen LogP contribution in [0.2, 0.25) is 0 Å². The fourth-order valence-corrected chi connectivity index (χ4v) is 3.44. The third-order valence-corrected chi connectivity index (χ3v) is 3.97. The molecule has 2 rings (SSSR count). The topological polar surface area (TPSA) is 26.3 Å². The van der Waals surface area contributed by atoms with E-state index >= 15 is 0 Å². The highest BCUT2D eigenvalue weighted by molar-refractivity contribution is 7.37. The first-order valence-corrected chi connectivity index (χ1v) is 5.48. The molecule has 0 bridgehead atoms. The summed E-state index contributed by atoms with van der Waals surface area (Å²) in [5.74, 6) is -0.246. The van der Waals surface area contributed by atoms with Crippen molar-refractivity contribution in [3.8, 4) is 0 Å². The standard InChI is InChI=1S/C9H8O2S2/c1-5-3-6-7(8(10)11-2)4-12-9(6)13-5/h3-4H,1-2H3. The highest BCUT2D eigenvalue weighted by Crippen LogP contribution is 2.33. The summed E-state index contributed by atoms with van der Waals surface area (Å²) in [6, 6.07) is 2.03. The predicted octanol–water partition coefficient (Wildman–Crippen LogP) is 3.06. The number of methoxy groups -OCH3 is 1. The van der Waals surface area contributed by atoms with Gasteiger partial charge in [-0.1, -0.05) is 0 Å². The molecule has 0 radical (unpaired) electrons. The molecular formula is C9H8O2S2. The summed E-state index contributed by atoms with van der Waals surface area (Å²) in [6.07, 6.45) is 0. The zero-order valence-electron chi connectivity index (χ0n) is 7.29. The number of carbonyl (C=O) groups is 1. The van der Waals surface area contributed by atoms with Crippen molar-refractivity contribution in [2.75, 3.05) is 7.11 Å². The summed E-state index contributed by atoms with van der Waals surface area (Å²) in [5, 5.41) is 2.88. The van der Waals surface area contributed by atoms with E-state index in [0.717, 1.165) is 5.39 Å². The van der Waals surface area contributed by atoms with Gasteiger partial charge in [-0.25, -0.2) is 4.79 Å². The van der Waals surface area contributed by atoms with Gasteiger partial charge in [0.05, 0.1) is 16.7 Å². The second kappa shape index (κ2) is 3.12. The molecule has 0 fully saturated rings. The Labute approximate surface area is 83.8 Å². The lowest BCUT2D eigenvalue weighted by Crippen LogP contribution is -1.98. The summed E-state index contributed by atoms with van der Waals surface area (Å²) >= 11 is 3.31. The van der Waals surface area contributed by atoms with Crippen molar-refractivity contribution in [2.24, 2.45) is 0 Å². The molecule has 0 amide bonds. The fraction of sp³-hybridized carbons (Fsp3) is 0.222. The average molecular weight is 212 g/mol. The van der Waals surface area contributed by atoms with Crippen LogP contribution < -0.4 is 0 Å².